The summed E-state index contributed by atoms with van der Waals surface area (Å²) >= 11 is 0. The van der Waals surface area contributed by atoms with Crippen molar-refractivity contribution in [2.24, 2.45) is 7.05 Å². The van der Waals surface area contributed by atoms with Crippen molar-refractivity contribution >= 4 is 17.1 Å². The molecule has 9 heteroatoms. The molecule has 2 aromatic heterocycles. The molecule has 4 rings (SSSR count). The van der Waals surface area contributed by atoms with Gasteiger partial charge in [-0.1, -0.05) is 49.4 Å². The molecule has 0 radical (unpaired) electrons. The quantitative estimate of drug-likeness (QED) is 0.394. The number of aliphatic hydroxyl groups is 1. The Hall–Kier alpha value is -3.85. The zero-order valence-corrected chi connectivity index (χ0v) is 19.6. The summed E-state index contributed by atoms with van der Waals surface area (Å²) in [6.07, 6.45) is -0.0254. The van der Waals surface area contributed by atoms with E-state index >= 15 is 0 Å². The highest BCUT2D eigenvalue weighted by Crippen LogP contribution is 2.21. The molecule has 0 saturated heterocycles. The molecule has 178 valence electrons. The molecule has 1 atom stereocenters. The summed E-state index contributed by atoms with van der Waals surface area (Å²) in [5.74, 6) is 1.15. The van der Waals surface area contributed by atoms with E-state index in [9.17, 15) is 14.7 Å². The summed E-state index contributed by atoms with van der Waals surface area (Å²) in [5.41, 5.74) is 1.60. The van der Waals surface area contributed by atoms with Gasteiger partial charge in [-0.2, -0.15) is 4.98 Å². The molecule has 34 heavy (non-hydrogen) atoms. The Labute approximate surface area is 196 Å². The molecule has 0 aliphatic rings. The van der Waals surface area contributed by atoms with Crippen LogP contribution in [0.15, 0.2) is 64.2 Å². The lowest BCUT2D eigenvalue weighted by Gasteiger charge is -2.21. The lowest BCUT2D eigenvalue weighted by Crippen LogP contribution is -2.31. The van der Waals surface area contributed by atoms with Gasteiger partial charge in [-0.15, -0.1) is 0 Å². The standard InChI is InChI=1S/C25H29N5O4/c1-4-17-11-8-12-20(13-17)34-16-19(31)15-30-21-22(29(3)25(33)27-23(21)32)26-24(30)28(2)14-18-9-6-5-7-10-18/h5-13,19,31H,4,14-16H2,1-3H3,(H,27,32,33). The summed E-state index contributed by atoms with van der Waals surface area (Å²) < 4.78 is 8.75. The highest BCUT2D eigenvalue weighted by molar-refractivity contribution is 5.74. The minimum Gasteiger partial charge on any atom is -0.491 e. The van der Waals surface area contributed by atoms with E-state index in [0.717, 1.165) is 17.5 Å². The van der Waals surface area contributed by atoms with Crippen LogP contribution in [0.1, 0.15) is 18.1 Å². The molecule has 0 spiro atoms. The average Bonchev–Trinajstić information content (AvgIpc) is 3.22. The maximum absolute atomic E-state index is 12.7. The van der Waals surface area contributed by atoms with E-state index in [1.165, 1.54) is 4.57 Å². The average molecular weight is 464 g/mol. The van der Waals surface area contributed by atoms with Crippen molar-refractivity contribution in [3.8, 4) is 5.75 Å². The van der Waals surface area contributed by atoms with Crippen LogP contribution in [0.4, 0.5) is 5.95 Å². The van der Waals surface area contributed by atoms with E-state index in [0.29, 0.717) is 18.2 Å². The molecule has 0 aliphatic heterocycles. The number of hydrogen-bond donors (Lipinski definition) is 2. The van der Waals surface area contributed by atoms with Crippen LogP contribution >= 0.6 is 0 Å². The fourth-order valence-corrected chi connectivity index (χ4v) is 3.93. The van der Waals surface area contributed by atoms with Gasteiger partial charge >= 0.3 is 5.69 Å². The third-order valence-electron chi connectivity index (χ3n) is 5.73. The molecule has 4 aromatic rings. The third kappa shape index (κ3) is 4.89. The van der Waals surface area contributed by atoms with Crippen LogP contribution in [-0.2, 0) is 26.6 Å². The lowest BCUT2D eigenvalue weighted by atomic mass is 10.2. The van der Waals surface area contributed by atoms with Gasteiger partial charge in [-0.05, 0) is 29.7 Å². The van der Waals surface area contributed by atoms with E-state index < -0.39 is 17.4 Å². The monoisotopic (exact) mass is 463 g/mol. The lowest BCUT2D eigenvalue weighted by molar-refractivity contribution is 0.0936. The first-order chi connectivity index (χ1) is 16.4. The second-order valence-corrected chi connectivity index (χ2v) is 8.32. The maximum Gasteiger partial charge on any atom is 0.329 e. The topological polar surface area (TPSA) is 105 Å². The predicted molar refractivity (Wildman–Crippen MR) is 131 cm³/mol. The van der Waals surface area contributed by atoms with Crippen LogP contribution in [-0.4, -0.2) is 44.0 Å². The van der Waals surface area contributed by atoms with Crippen LogP contribution in [0.5, 0.6) is 5.75 Å². The van der Waals surface area contributed by atoms with Crippen molar-refractivity contribution in [1.82, 2.24) is 19.1 Å². The van der Waals surface area contributed by atoms with Crippen molar-refractivity contribution in [2.75, 3.05) is 18.6 Å². The Bertz CT molecular complexity index is 1390. The number of aromatic amines is 1. The number of aliphatic hydroxyl groups excluding tert-OH is 1. The maximum atomic E-state index is 12.7. The summed E-state index contributed by atoms with van der Waals surface area (Å²) in [4.78, 5) is 33.7. The minimum absolute atomic E-state index is 0.0400. The number of ether oxygens (including phenoxy) is 1. The number of hydrogen-bond acceptors (Lipinski definition) is 6. The Morgan fingerprint density at radius 2 is 1.85 bits per heavy atom. The Morgan fingerprint density at radius 1 is 1.12 bits per heavy atom. The molecule has 2 aromatic carbocycles. The molecule has 2 N–H and O–H groups in total. The summed E-state index contributed by atoms with van der Waals surface area (Å²) in [6, 6.07) is 17.6. The number of imidazole rings is 1. The number of aromatic nitrogens is 4. The first-order valence-corrected chi connectivity index (χ1v) is 11.2. The number of H-pyrrole nitrogens is 1. The molecule has 0 aliphatic carbocycles. The van der Waals surface area contributed by atoms with Gasteiger partial charge in [0.1, 0.15) is 18.5 Å². The van der Waals surface area contributed by atoms with Gasteiger partial charge in [0.05, 0.1) is 6.54 Å². The number of fused-ring (bicyclic) bond motifs is 1. The first kappa shape index (κ1) is 23.3. The van der Waals surface area contributed by atoms with Gasteiger partial charge < -0.3 is 19.3 Å². The highest BCUT2D eigenvalue weighted by Gasteiger charge is 2.22. The fourth-order valence-electron chi connectivity index (χ4n) is 3.93. The second kappa shape index (κ2) is 9.96. The Balaban J connectivity index is 1.65. The fraction of sp³-hybridized carbons (Fsp3) is 0.320. The molecule has 2 heterocycles. The van der Waals surface area contributed by atoms with Gasteiger partial charge in [0.2, 0.25) is 5.95 Å². The zero-order valence-electron chi connectivity index (χ0n) is 19.6. The highest BCUT2D eigenvalue weighted by atomic mass is 16.5. The smallest absolute Gasteiger partial charge is 0.329 e. The molecule has 0 saturated carbocycles. The predicted octanol–water partition coefficient (Wildman–Crippen LogP) is 2.06. The zero-order chi connectivity index (χ0) is 24.2. The molecular weight excluding hydrogens is 434 g/mol. The Kier molecular flexibility index (Phi) is 6.83. The van der Waals surface area contributed by atoms with Crippen LogP contribution in [0.25, 0.3) is 11.2 Å². The summed E-state index contributed by atoms with van der Waals surface area (Å²) in [7, 11) is 3.41. The molecule has 9 nitrogen and oxygen atoms in total. The van der Waals surface area contributed by atoms with Crippen molar-refractivity contribution < 1.29 is 9.84 Å². The summed E-state index contributed by atoms with van der Waals surface area (Å²) in [6.45, 7) is 2.71. The summed E-state index contributed by atoms with van der Waals surface area (Å²) in [5, 5.41) is 10.8. The number of nitrogens with one attached hydrogen (secondary N) is 1. The SMILES string of the molecule is CCc1cccc(OCC(O)Cn2c(N(C)Cc3ccccc3)nc3c2c(=O)[nH]c(=O)n3C)c1. The number of aryl methyl sites for hydroxylation is 2. The Morgan fingerprint density at radius 3 is 2.59 bits per heavy atom. The van der Waals surface area contributed by atoms with Gasteiger partial charge in [0.25, 0.3) is 5.56 Å². The molecular formula is C25H29N5O4. The number of anilines is 1. The van der Waals surface area contributed by atoms with Crippen LogP contribution in [0, 0.1) is 0 Å². The number of benzene rings is 2. The van der Waals surface area contributed by atoms with Crippen LogP contribution in [0.3, 0.4) is 0 Å². The molecule has 0 amide bonds. The van der Waals surface area contributed by atoms with Gasteiger partial charge in [0.15, 0.2) is 11.2 Å². The van der Waals surface area contributed by atoms with Crippen LogP contribution in [0.2, 0.25) is 0 Å². The van der Waals surface area contributed by atoms with Gasteiger partial charge in [0, 0.05) is 20.6 Å². The second-order valence-electron chi connectivity index (χ2n) is 8.32. The minimum atomic E-state index is -0.914. The first-order valence-electron chi connectivity index (χ1n) is 11.2. The molecule has 1 unspecified atom stereocenters. The molecule has 0 fully saturated rings. The van der Waals surface area contributed by atoms with Gasteiger partial charge in [-0.3, -0.25) is 14.3 Å². The van der Waals surface area contributed by atoms with Crippen LogP contribution < -0.4 is 20.9 Å². The van der Waals surface area contributed by atoms with E-state index in [-0.39, 0.29) is 24.3 Å². The van der Waals surface area contributed by atoms with Crippen molar-refractivity contribution in [3.05, 3.63) is 86.6 Å². The van der Waals surface area contributed by atoms with E-state index in [4.69, 9.17) is 4.74 Å². The normalized spacial score (nSPS) is 12.1. The number of nitrogens with zero attached hydrogens (tertiary/aromatic N) is 4. The van der Waals surface area contributed by atoms with E-state index in [2.05, 4.69) is 16.9 Å². The third-order valence-corrected chi connectivity index (χ3v) is 5.73. The van der Waals surface area contributed by atoms with Crippen molar-refractivity contribution in [1.29, 1.82) is 0 Å². The number of rotatable bonds is 9. The van der Waals surface area contributed by atoms with E-state index in [1.807, 2.05) is 66.5 Å². The molecule has 0 bridgehead atoms. The van der Waals surface area contributed by atoms with Crippen molar-refractivity contribution in [3.63, 3.8) is 0 Å². The van der Waals surface area contributed by atoms with Gasteiger partial charge in [-0.25, -0.2) is 4.79 Å². The van der Waals surface area contributed by atoms with E-state index in [1.54, 1.807) is 11.6 Å². The van der Waals surface area contributed by atoms with Crippen molar-refractivity contribution in [2.45, 2.75) is 32.5 Å². The largest absolute Gasteiger partial charge is 0.491 e.